The lowest BCUT2D eigenvalue weighted by Gasteiger charge is -2.35. The van der Waals surface area contributed by atoms with E-state index in [1.54, 1.807) is 10.7 Å². The molecule has 1 amide bonds. The molecular formula is C20H22ClN5O2. The van der Waals surface area contributed by atoms with Gasteiger partial charge in [0.2, 0.25) is 0 Å². The van der Waals surface area contributed by atoms with Crippen LogP contribution in [-0.2, 0) is 11.8 Å². The maximum Gasteiger partial charge on any atom is 0.256 e. The normalized spacial score (nSPS) is 25.1. The van der Waals surface area contributed by atoms with Gasteiger partial charge in [0.15, 0.2) is 0 Å². The van der Waals surface area contributed by atoms with Crippen LogP contribution in [0, 0.1) is 0 Å². The summed E-state index contributed by atoms with van der Waals surface area (Å²) in [6.07, 6.45) is 6.31. The number of morpholine rings is 1. The van der Waals surface area contributed by atoms with Crippen molar-refractivity contribution in [2.75, 3.05) is 19.7 Å². The number of carbonyl (C=O) groups excluding carboxylic acids is 1. The van der Waals surface area contributed by atoms with Crippen LogP contribution in [0.15, 0.2) is 42.9 Å². The number of benzene rings is 1. The predicted octanol–water partition coefficient (Wildman–Crippen LogP) is 2.27. The summed E-state index contributed by atoms with van der Waals surface area (Å²) in [6, 6.07) is 8.30. The van der Waals surface area contributed by atoms with Gasteiger partial charge in [0.25, 0.3) is 5.91 Å². The Hall–Kier alpha value is -2.35. The molecule has 0 bridgehead atoms. The Bertz CT molecular complexity index is 1010. The molecule has 0 radical (unpaired) electrons. The van der Waals surface area contributed by atoms with Crippen LogP contribution in [0.25, 0.3) is 5.65 Å². The molecule has 5 rings (SSSR count). The highest BCUT2D eigenvalue weighted by atomic mass is 35.5. The molecule has 0 spiro atoms. The van der Waals surface area contributed by atoms with Crippen molar-refractivity contribution in [2.24, 2.45) is 7.05 Å². The van der Waals surface area contributed by atoms with Crippen LogP contribution >= 0.6 is 11.6 Å². The third kappa shape index (κ3) is 3.09. The SMILES string of the molecule is Cn1ccn2ncc(C(=O)N[C@@H]3C[C@H]4CO[C@@H](c5ccc(Cl)cc5)CN4C3)c12. The molecule has 8 heteroatoms. The largest absolute Gasteiger partial charge is 0.371 e. The summed E-state index contributed by atoms with van der Waals surface area (Å²) < 4.78 is 9.72. The predicted molar refractivity (Wildman–Crippen MR) is 106 cm³/mol. The van der Waals surface area contributed by atoms with E-state index >= 15 is 0 Å². The van der Waals surface area contributed by atoms with E-state index in [2.05, 4.69) is 15.3 Å². The number of nitrogens with zero attached hydrogens (tertiary/aromatic N) is 4. The minimum absolute atomic E-state index is 0.0432. The summed E-state index contributed by atoms with van der Waals surface area (Å²) in [5, 5.41) is 8.17. The number of aryl methyl sites for hydroxylation is 1. The molecule has 2 aliphatic heterocycles. The van der Waals surface area contributed by atoms with E-state index in [0.717, 1.165) is 35.7 Å². The summed E-state index contributed by atoms with van der Waals surface area (Å²) in [4.78, 5) is 15.2. The van der Waals surface area contributed by atoms with Gasteiger partial charge in [-0.1, -0.05) is 23.7 Å². The van der Waals surface area contributed by atoms with Gasteiger partial charge in [0, 0.05) is 49.6 Å². The Morgan fingerprint density at radius 1 is 1.25 bits per heavy atom. The summed E-state index contributed by atoms with van der Waals surface area (Å²) in [5.41, 5.74) is 2.55. The lowest BCUT2D eigenvalue weighted by molar-refractivity contribution is -0.0502. The zero-order chi connectivity index (χ0) is 19.3. The number of ether oxygens (including phenoxy) is 1. The van der Waals surface area contributed by atoms with E-state index < -0.39 is 0 Å². The van der Waals surface area contributed by atoms with Crippen molar-refractivity contribution < 1.29 is 9.53 Å². The smallest absolute Gasteiger partial charge is 0.256 e. The van der Waals surface area contributed by atoms with E-state index in [4.69, 9.17) is 16.3 Å². The molecule has 0 saturated carbocycles. The number of rotatable bonds is 3. The molecule has 0 unspecified atom stereocenters. The van der Waals surface area contributed by atoms with Crippen LogP contribution in [0.3, 0.4) is 0 Å². The number of hydrogen-bond donors (Lipinski definition) is 1. The first-order valence-electron chi connectivity index (χ1n) is 9.49. The van der Waals surface area contributed by atoms with Gasteiger partial charge in [-0.25, -0.2) is 4.52 Å². The molecule has 2 aromatic heterocycles. The molecule has 146 valence electrons. The molecular weight excluding hydrogens is 378 g/mol. The Morgan fingerprint density at radius 2 is 2.07 bits per heavy atom. The Balaban J connectivity index is 1.25. The minimum Gasteiger partial charge on any atom is -0.371 e. The molecule has 7 nitrogen and oxygen atoms in total. The average molecular weight is 400 g/mol. The number of carbonyl (C=O) groups is 1. The highest BCUT2D eigenvalue weighted by molar-refractivity contribution is 6.30. The fraction of sp³-hybridized carbons (Fsp3) is 0.400. The van der Waals surface area contributed by atoms with Crippen LogP contribution in [0.1, 0.15) is 28.4 Å². The van der Waals surface area contributed by atoms with Crippen LogP contribution in [0.5, 0.6) is 0 Å². The molecule has 4 heterocycles. The van der Waals surface area contributed by atoms with Gasteiger partial charge in [-0.3, -0.25) is 9.69 Å². The van der Waals surface area contributed by atoms with E-state index in [9.17, 15) is 4.79 Å². The van der Waals surface area contributed by atoms with Crippen molar-refractivity contribution in [1.82, 2.24) is 24.4 Å². The highest BCUT2D eigenvalue weighted by Crippen LogP contribution is 2.31. The monoisotopic (exact) mass is 399 g/mol. The summed E-state index contributed by atoms with van der Waals surface area (Å²) >= 11 is 5.99. The van der Waals surface area contributed by atoms with Gasteiger partial charge in [-0.15, -0.1) is 0 Å². The Labute approximate surface area is 167 Å². The van der Waals surface area contributed by atoms with E-state index in [1.165, 1.54) is 0 Å². The van der Waals surface area contributed by atoms with Gasteiger partial charge in [-0.05, 0) is 24.1 Å². The second-order valence-electron chi connectivity index (χ2n) is 7.62. The maximum absolute atomic E-state index is 12.8. The zero-order valence-electron chi connectivity index (χ0n) is 15.6. The van der Waals surface area contributed by atoms with E-state index in [1.807, 2.05) is 48.3 Å². The van der Waals surface area contributed by atoms with Crippen molar-refractivity contribution in [2.45, 2.75) is 24.6 Å². The van der Waals surface area contributed by atoms with Crippen molar-refractivity contribution >= 4 is 23.2 Å². The third-order valence-electron chi connectivity index (χ3n) is 5.77. The molecule has 1 N–H and O–H groups in total. The fourth-order valence-electron chi connectivity index (χ4n) is 4.33. The minimum atomic E-state index is -0.0724. The topological polar surface area (TPSA) is 63.8 Å². The molecule has 0 aliphatic carbocycles. The number of halogens is 1. The van der Waals surface area contributed by atoms with Crippen molar-refractivity contribution in [3.8, 4) is 0 Å². The molecule has 3 atom stereocenters. The average Bonchev–Trinajstić information content (AvgIpc) is 3.37. The lowest BCUT2D eigenvalue weighted by atomic mass is 10.1. The van der Waals surface area contributed by atoms with Gasteiger partial charge >= 0.3 is 0 Å². The Kier molecular flexibility index (Phi) is 4.38. The second-order valence-corrected chi connectivity index (χ2v) is 8.06. The van der Waals surface area contributed by atoms with Gasteiger partial charge in [0.05, 0.1) is 18.9 Å². The molecule has 2 fully saturated rings. The molecule has 3 aromatic rings. The van der Waals surface area contributed by atoms with Gasteiger partial charge in [0.1, 0.15) is 11.2 Å². The number of imidazole rings is 1. The number of aromatic nitrogens is 3. The fourth-order valence-corrected chi connectivity index (χ4v) is 4.46. The number of amides is 1. The van der Waals surface area contributed by atoms with Crippen molar-refractivity contribution in [1.29, 1.82) is 0 Å². The lowest BCUT2D eigenvalue weighted by Crippen LogP contribution is -2.43. The van der Waals surface area contributed by atoms with E-state index in [0.29, 0.717) is 18.2 Å². The van der Waals surface area contributed by atoms with Crippen LogP contribution < -0.4 is 5.32 Å². The first kappa shape index (κ1) is 17.7. The molecule has 28 heavy (non-hydrogen) atoms. The number of nitrogens with one attached hydrogen (secondary N) is 1. The van der Waals surface area contributed by atoms with Crippen molar-refractivity contribution in [3.63, 3.8) is 0 Å². The summed E-state index contributed by atoms with van der Waals surface area (Å²) in [6.45, 7) is 2.34. The first-order chi connectivity index (χ1) is 13.6. The third-order valence-corrected chi connectivity index (χ3v) is 6.03. The standard InChI is InChI=1S/C20H22ClN5O2/c1-24-6-7-26-20(24)17(9-22-26)19(27)23-15-8-16-12-28-18(11-25(16)10-15)13-2-4-14(21)5-3-13/h2-7,9,15-16,18H,8,10-12H2,1H3,(H,23,27)/t15-,16+,18-/m1/s1. The maximum atomic E-state index is 12.8. The van der Waals surface area contributed by atoms with Gasteiger partial charge in [-0.2, -0.15) is 5.10 Å². The highest BCUT2D eigenvalue weighted by Gasteiger charge is 2.38. The molecule has 1 aromatic carbocycles. The number of fused-ring (bicyclic) bond motifs is 2. The van der Waals surface area contributed by atoms with Crippen molar-refractivity contribution in [3.05, 3.63) is 59.0 Å². The molecule has 2 aliphatic rings. The second kappa shape index (κ2) is 6.92. The van der Waals surface area contributed by atoms with Gasteiger partial charge < -0.3 is 14.6 Å². The first-order valence-corrected chi connectivity index (χ1v) is 9.87. The van der Waals surface area contributed by atoms with Crippen LogP contribution in [0.4, 0.5) is 0 Å². The molecule has 2 saturated heterocycles. The Morgan fingerprint density at radius 3 is 2.89 bits per heavy atom. The zero-order valence-corrected chi connectivity index (χ0v) is 16.3. The summed E-state index contributed by atoms with van der Waals surface area (Å²) in [7, 11) is 1.91. The van der Waals surface area contributed by atoms with Crippen LogP contribution in [0.2, 0.25) is 5.02 Å². The van der Waals surface area contributed by atoms with E-state index in [-0.39, 0.29) is 18.1 Å². The summed E-state index contributed by atoms with van der Waals surface area (Å²) in [5.74, 6) is -0.0724. The number of hydrogen-bond acceptors (Lipinski definition) is 4. The van der Waals surface area contributed by atoms with Crippen LogP contribution in [-0.4, -0.2) is 56.8 Å². The quantitative estimate of drug-likeness (QED) is 0.733.